The summed E-state index contributed by atoms with van der Waals surface area (Å²) in [7, 11) is 0. The van der Waals surface area contributed by atoms with Crippen molar-refractivity contribution >= 4 is 17.1 Å². The summed E-state index contributed by atoms with van der Waals surface area (Å²) in [6, 6.07) is 22.2. The Bertz CT molecular complexity index is 667. The molecule has 0 radical (unpaired) electrons. The van der Waals surface area contributed by atoms with Crippen molar-refractivity contribution in [1.82, 2.24) is 0 Å². The fourth-order valence-electron chi connectivity index (χ4n) is 2.26. The van der Waals surface area contributed by atoms with Gasteiger partial charge in [-0.25, -0.2) is 8.78 Å². The summed E-state index contributed by atoms with van der Waals surface area (Å²) in [6.07, 6.45) is 0. The normalized spacial score (nSPS) is 10.4. The van der Waals surface area contributed by atoms with Gasteiger partial charge in [0.2, 0.25) is 0 Å². The molecule has 0 aromatic heterocycles. The van der Waals surface area contributed by atoms with Crippen molar-refractivity contribution in [2.75, 3.05) is 4.90 Å². The SMILES string of the molecule is Fc1cccc(F)c1N(c1ccccc1)c1ccccc1. The Morgan fingerprint density at radius 3 is 1.38 bits per heavy atom. The smallest absolute Gasteiger partial charge is 0.150 e. The zero-order valence-corrected chi connectivity index (χ0v) is 11.2. The van der Waals surface area contributed by atoms with E-state index in [1.54, 1.807) is 4.90 Å². The van der Waals surface area contributed by atoms with Gasteiger partial charge >= 0.3 is 0 Å². The first kappa shape index (κ1) is 13.3. The first-order valence-corrected chi connectivity index (χ1v) is 6.61. The quantitative estimate of drug-likeness (QED) is 0.618. The number of nitrogens with zero attached hydrogens (tertiary/aromatic N) is 1. The molecule has 104 valence electrons. The molecule has 0 atom stereocenters. The van der Waals surface area contributed by atoms with Gasteiger partial charge in [-0.15, -0.1) is 0 Å². The van der Waals surface area contributed by atoms with Crippen molar-refractivity contribution in [2.24, 2.45) is 0 Å². The maximum Gasteiger partial charge on any atom is 0.150 e. The third-order valence-electron chi connectivity index (χ3n) is 3.19. The first-order chi connectivity index (χ1) is 10.3. The van der Waals surface area contributed by atoms with Gasteiger partial charge in [-0.05, 0) is 36.4 Å². The molecule has 0 saturated carbocycles. The van der Waals surface area contributed by atoms with E-state index < -0.39 is 11.6 Å². The van der Waals surface area contributed by atoms with Crippen LogP contribution in [0.25, 0.3) is 0 Å². The van der Waals surface area contributed by atoms with Crippen LogP contribution >= 0.6 is 0 Å². The number of benzene rings is 3. The molecule has 0 fully saturated rings. The molecule has 3 aromatic carbocycles. The Hall–Kier alpha value is -2.68. The molecule has 1 nitrogen and oxygen atoms in total. The van der Waals surface area contributed by atoms with Gasteiger partial charge in [0.05, 0.1) is 0 Å². The van der Waals surface area contributed by atoms with Gasteiger partial charge in [-0.1, -0.05) is 42.5 Å². The molecule has 0 aliphatic heterocycles. The average molecular weight is 281 g/mol. The van der Waals surface area contributed by atoms with Crippen LogP contribution in [0.5, 0.6) is 0 Å². The van der Waals surface area contributed by atoms with E-state index in [-0.39, 0.29) is 5.69 Å². The van der Waals surface area contributed by atoms with Crippen molar-refractivity contribution < 1.29 is 8.78 Å². The first-order valence-electron chi connectivity index (χ1n) is 6.61. The largest absolute Gasteiger partial charge is 0.305 e. The van der Waals surface area contributed by atoms with Crippen molar-refractivity contribution in [3.63, 3.8) is 0 Å². The highest BCUT2D eigenvalue weighted by atomic mass is 19.1. The molecule has 0 aliphatic carbocycles. The third-order valence-corrected chi connectivity index (χ3v) is 3.19. The second-order valence-corrected chi connectivity index (χ2v) is 4.58. The fourth-order valence-corrected chi connectivity index (χ4v) is 2.26. The molecule has 21 heavy (non-hydrogen) atoms. The Labute approximate surface area is 122 Å². The number of rotatable bonds is 3. The molecule has 0 spiro atoms. The van der Waals surface area contributed by atoms with E-state index >= 15 is 0 Å². The summed E-state index contributed by atoms with van der Waals surface area (Å²) in [6.45, 7) is 0. The number of halogens is 2. The predicted molar refractivity (Wildman–Crippen MR) is 81.0 cm³/mol. The summed E-state index contributed by atoms with van der Waals surface area (Å²) in [5.41, 5.74) is 1.33. The van der Waals surface area contributed by atoms with Crippen LogP contribution in [0.15, 0.2) is 78.9 Å². The molecular weight excluding hydrogens is 268 g/mol. The molecular formula is C18H13F2N. The van der Waals surface area contributed by atoms with E-state index in [0.29, 0.717) is 11.4 Å². The second-order valence-electron chi connectivity index (χ2n) is 4.58. The minimum Gasteiger partial charge on any atom is -0.305 e. The second kappa shape index (κ2) is 5.75. The Kier molecular flexibility index (Phi) is 3.65. The van der Waals surface area contributed by atoms with Gasteiger partial charge in [0.25, 0.3) is 0 Å². The number of hydrogen-bond acceptors (Lipinski definition) is 1. The van der Waals surface area contributed by atoms with Gasteiger partial charge < -0.3 is 4.90 Å². The average Bonchev–Trinajstić information content (AvgIpc) is 2.53. The lowest BCUT2D eigenvalue weighted by Gasteiger charge is -2.26. The van der Waals surface area contributed by atoms with E-state index in [9.17, 15) is 8.78 Å². The van der Waals surface area contributed by atoms with E-state index in [4.69, 9.17) is 0 Å². The molecule has 0 heterocycles. The van der Waals surface area contributed by atoms with Crippen LogP contribution in [-0.2, 0) is 0 Å². The molecule has 3 rings (SSSR count). The molecule has 0 amide bonds. The van der Waals surface area contributed by atoms with E-state index in [2.05, 4.69) is 0 Å². The summed E-state index contributed by atoms with van der Waals surface area (Å²) in [5.74, 6) is -1.19. The van der Waals surface area contributed by atoms with Crippen molar-refractivity contribution in [3.05, 3.63) is 90.5 Å². The Morgan fingerprint density at radius 1 is 0.524 bits per heavy atom. The van der Waals surface area contributed by atoms with Crippen LogP contribution in [0.2, 0.25) is 0 Å². The van der Waals surface area contributed by atoms with E-state index in [1.165, 1.54) is 18.2 Å². The molecule has 0 saturated heterocycles. The molecule has 3 heteroatoms. The maximum absolute atomic E-state index is 14.2. The number of hydrogen-bond donors (Lipinski definition) is 0. The van der Waals surface area contributed by atoms with Crippen LogP contribution in [0, 0.1) is 11.6 Å². The number of anilines is 3. The fraction of sp³-hybridized carbons (Fsp3) is 0. The van der Waals surface area contributed by atoms with Gasteiger partial charge in [0.15, 0.2) is 0 Å². The van der Waals surface area contributed by atoms with Crippen molar-refractivity contribution in [2.45, 2.75) is 0 Å². The zero-order valence-electron chi connectivity index (χ0n) is 11.2. The van der Waals surface area contributed by atoms with Gasteiger partial charge in [-0.2, -0.15) is 0 Å². The maximum atomic E-state index is 14.2. The minimum atomic E-state index is -0.595. The highest BCUT2D eigenvalue weighted by Gasteiger charge is 2.19. The molecule has 3 aromatic rings. The van der Waals surface area contributed by atoms with E-state index in [1.807, 2.05) is 60.7 Å². The number of para-hydroxylation sites is 3. The Balaban J connectivity index is 2.23. The summed E-state index contributed by atoms with van der Waals surface area (Å²) < 4.78 is 28.4. The zero-order chi connectivity index (χ0) is 14.7. The third kappa shape index (κ3) is 2.63. The van der Waals surface area contributed by atoms with Gasteiger partial charge in [-0.3, -0.25) is 0 Å². The summed E-state index contributed by atoms with van der Waals surface area (Å²) in [5, 5.41) is 0. The summed E-state index contributed by atoms with van der Waals surface area (Å²) in [4.78, 5) is 1.57. The lowest BCUT2D eigenvalue weighted by molar-refractivity contribution is 0.586. The minimum absolute atomic E-state index is 0.0742. The van der Waals surface area contributed by atoms with E-state index in [0.717, 1.165) is 0 Å². The monoisotopic (exact) mass is 281 g/mol. The predicted octanol–water partition coefficient (Wildman–Crippen LogP) is 5.43. The topological polar surface area (TPSA) is 3.24 Å². The lowest BCUT2D eigenvalue weighted by atomic mass is 10.2. The van der Waals surface area contributed by atoms with Crippen molar-refractivity contribution in [3.8, 4) is 0 Å². The van der Waals surface area contributed by atoms with Crippen LogP contribution in [-0.4, -0.2) is 0 Å². The molecule has 0 unspecified atom stereocenters. The van der Waals surface area contributed by atoms with Crippen LogP contribution in [0.4, 0.5) is 25.8 Å². The van der Waals surface area contributed by atoms with Crippen LogP contribution < -0.4 is 4.90 Å². The highest BCUT2D eigenvalue weighted by molar-refractivity contribution is 5.76. The van der Waals surface area contributed by atoms with Gasteiger partial charge in [0.1, 0.15) is 17.3 Å². The lowest BCUT2D eigenvalue weighted by Crippen LogP contribution is -2.13. The Morgan fingerprint density at radius 2 is 0.952 bits per heavy atom. The molecule has 0 aliphatic rings. The summed E-state index contributed by atoms with van der Waals surface area (Å²) >= 11 is 0. The van der Waals surface area contributed by atoms with Crippen molar-refractivity contribution in [1.29, 1.82) is 0 Å². The molecule has 0 bridgehead atoms. The highest BCUT2D eigenvalue weighted by Crippen LogP contribution is 2.37. The standard InChI is InChI=1S/C18H13F2N/c19-16-12-7-13-17(20)18(16)21(14-8-3-1-4-9-14)15-10-5-2-6-11-15/h1-13H. The molecule has 0 N–H and O–H groups in total. The van der Waals surface area contributed by atoms with Crippen LogP contribution in [0.1, 0.15) is 0 Å². The van der Waals surface area contributed by atoms with Crippen LogP contribution in [0.3, 0.4) is 0 Å². The van der Waals surface area contributed by atoms with Gasteiger partial charge in [0, 0.05) is 11.4 Å².